The Balaban J connectivity index is 2.49. The van der Waals surface area contributed by atoms with Crippen LogP contribution in [0.2, 0.25) is 0 Å². The number of amides is 1. The van der Waals surface area contributed by atoms with E-state index >= 15 is 0 Å². The van der Waals surface area contributed by atoms with Gasteiger partial charge in [0.25, 0.3) is 0 Å². The molecule has 1 heterocycles. The maximum atomic E-state index is 12.0. The quantitative estimate of drug-likeness (QED) is 0.816. The number of hydrogen-bond donors (Lipinski definition) is 1. The first-order valence-corrected chi connectivity index (χ1v) is 7.95. The standard InChI is InChI=1S/C12H23NO3S/c1-9(12(2,3)4)11(14)13-10-5-7-17(15,16)8-6-10/h9-10H,5-8H2,1-4H3,(H,13,14). The van der Waals surface area contributed by atoms with E-state index in [1.807, 2.05) is 27.7 Å². The third-order valence-electron chi connectivity index (χ3n) is 3.59. The van der Waals surface area contributed by atoms with Crippen molar-refractivity contribution in [3.8, 4) is 0 Å². The summed E-state index contributed by atoms with van der Waals surface area (Å²) in [6, 6.07) is 0.0239. The largest absolute Gasteiger partial charge is 0.353 e. The fraction of sp³-hybridized carbons (Fsp3) is 0.917. The predicted octanol–water partition coefficient (Wildman–Crippen LogP) is 1.36. The van der Waals surface area contributed by atoms with E-state index in [-0.39, 0.29) is 34.8 Å². The summed E-state index contributed by atoms with van der Waals surface area (Å²) in [6.07, 6.45) is 1.09. The van der Waals surface area contributed by atoms with Crippen LogP contribution in [0.25, 0.3) is 0 Å². The summed E-state index contributed by atoms with van der Waals surface area (Å²) in [4.78, 5) is 12.0. The van der Waals surface area contributed by atoms with Crippen molar-refractivity contribution < 1.29 is 13.2 Å². The van der Waals surface area contributed by atoms with Gasteiger partial charge < -0.3 is 5.32 Å². The van der Waals surface area contributed by atoms with Gasteiger partial charge in [-0.15, -0.1) is 0 Å². The molecule has 1 rings (SSSR count). The van der Waals surface area contributed by atoms with Crippen LogP contribution in [-0.4, -0.2) is 31.9 Å². The summed E-state index contributed by atoms with van der Waals surface area (Å²) in [5.41, 5.74) is -0.0647. The minimum atomic E-state index is -2.85. The highest BCUT2D eigenvalue weighted by atomic mass is 32.2. The summed E-state index contributed by atoms with van der Waals surface area (Å²) in [5, 5.41) is 2.96. The Labute approximate surface area is 104 Å². The molecule has 0 spiro atoms. The average Bonchev–Trinajstić information content (AvgIpc) is 2.18. The molecule has 1 atom stereocenters. The van der Waals surface area contributed by atoms with Crippen LogP contribution in [0.5, 0.6) is 0 Å². The molecular weight excluding hydrogens is 238 g/mol. The number of hydrogen-bond acceptors (Lipinski definition) is 3. The van der Waals surface area contributed by atoms with Crippen molar-refractivity contribution in [1.29, 1.82) is 0 Å². The molecular formula is C12H23NO3S. The van der Waals surface area contributed by atoms with Gasteiger partial charge in [0, 0.05) is 12.0 Å². The smallest absolute Gasteiger partial charge is 0.223 e. The molecule has 1 aliphatic heterocycles. The van der Waals surface area contributed by atoms with E-state index in [0.717, 1.165) is 0 Å². The molecule has 1 aliphatic rings. The van der Waals surface area contributed by atoms with Crippen molar-refractivity contribution in [2.24, 2.45) is 11.3 Å². The highest BCUT2D eigenvalue weighted by Gasteiger charge is 2.30. The van der Waals surface area contributed by atoms with Crippen LogP contribution in [0.15, 0.2) is 0 Å². The molecule has 1 amide bonds. The first kappa shape index (κ1) is 14.5. The molecule has 5 heteroatoms. The van der Waals surface area contributed by atoms with Crippen molar-refractivity contribution in [3.05, 3.63) is 0 Å². The van der Waals surface area contributed by atoms with Crippen LogP contribution < -0.4 is 5.32 Å². The molecule has 1 saturated heterocycles. The molecule has 100 valence electrons. The summed E-state index contributed by atoms with van der Waals surface area (Å²) in [7, 11) is -2.85. The second kappa shape index (κ2) is 4.96. The van der Waals surface area contributed by atoms with Crippen molar-refractivity contribution in [3.63, 3.8) is 0 Å². The molecule has 0 aromatic carbocycles. The zero-order valence-corrected chi connectivity index (χ0v) is 11.9. The van der Waals surface area contributed by atoms with Crippen molar-refractivity contribution >= 4 is 15.7 Å². The molecule has 0 bridgehead atoms. The monoisotopic (exact) mass is 261 g/mol. The lowest BCUT2D eigenvalue weighted by molar-refractivity contribution is -0.128. The Hall–Kier alpha value is -0.580. The molecule has 0 saturated carbocycles. The maximum absolute atomic E-state index is 12.0. The van der Waals surface area contributed by atoms with Crippen LogP contribution in [0.3, 0.4) is 0 Å². The lowest BCUT2D eigenvalue weighted by Crippen LogP contribution is -2.45. The second-order valence-electron chi connectivity index (χ2n) is 6.02. The van der Waals surface area contributed by atoms with Crippen molar-refractivity contribution in [1.82, 2.24) is 5.32 Å². The Morgan fingerprint density at radius 3 is 2.12 bits per heavy atom. The Kier molecular flexibility index (Phi) is 4.23. The van der Waals surface area contributed by atoms with E-state index < -0.39 is 9.84 Å². The third kappa shape index (κ3) is 4.30. The molecule has 4 nitrogen and oxygen atoms in total. The van der Waals surface area contributed by atoms with Gasteiger partial charge in [0.1, 0.15) is 9.84 Å². The van der Waals surface area contributed by atoms with Crippen LogP contribution in [-0.2, 0) is 14.6 Å². The fourth-order valence-corrected chi connectivity index (χ4v) is 3.25. The molecule has 1 unspecified atom stereocenters. The van der Waals surface area contributed by atoms with Gasteiger partial charge in [0.05, 0.1) is 11.5 Å². The number of rotatable bonds is 2. The van der Waals surface area contributed by atoms with Gasteiger partial charge in [-0.1, -0.05) is 27.7 Å². The van der Waals surface area contributed by atoms with Crippen LogP contribution in [0.4, 0.5) is 0 Å². The lowest BCUT2D eigenvalue weighted by atomic mass is 9.81. The van der Waals surface area contributed by atoms with E-state index in [9.17, 15) is 13.2 Å². The number of carbonyl (C=O) groups is 1. The van der Waals surface area contributed by atoms with Crippen LogP contribution in [0.1, 0.15) is 40.5 Å². The van der Waals surface area contributed by atoms with Gasteiger partial charge >= 0.3 is 0 Å². The molecule has 0 radical (unpaired) electrons. The molecule has 0 aromatic rings. The fourth-order valence-electron chi connectivity index (χ4n) is 1.75. The molecule has 1 fully saturated rings. The van der Waals surface area contributed by atoms with Crippen molar-refractivity contribution in [2.45, 2.75) is 46.6 Å². The zero-order valence-electron chi connectivity index (χ0n) is 11.1. The summed E-state index contributed by atoms with van der Waals surface area (Å²) >= 11 is 0. The first-order valence-electron chi connectivity index (χ1n) is 6.12. The SMILES string of the molecule is CC(C(=O)NC1CCS(=O)(=O)CC1)C(C)(C)C. The van der Waals surface area contributed by atoms with E-state index in [4.69, 9.17) is 0 Å². The molecule has 0 aliphatic carbocycles. The zero-order chi connectivity index (χ0) is 13.3. The van der Waals surface area contributed by atoms with Gasteiger partial charge in [-0.05, 0) is 18.3 Å². The Morgan fingerprint density at radius 2 is 1.71 bits per heavy atom. The number of carbonyl (C=O) groups excluding carboxylic acids is 1. The summed E-state index contributed by atoms with van der Waals surface area (Å²) in [5.74, 6) is 0.354. The van der Waals surface area contributed by atoms with Gasteiger partial charge in [0.15, 0.2) is 0 Å². The molecule has 1 N–H and O–H groups in total. The van der Waals surface area contributed by atoms with E-state index in [2.05, 4.69) is 5.32 Å². The maximum Gasteiger partial charge on any atom is 0.223 e. The molecule has 17 heavy (non-hydrogen) atoms. The van der Waals surface area contributed by atoms with Gasteiger partial charge in [-0.3, -0.25) is 4.79 Å². The van der Waals surface area contributed by atoms with E-state index in [0.29, 0.717) is 12.8 Å². The van der Waals surface area contributed by atoms with Gasteiger partial charge in [0.2, 0.25) is 5.91 Å². The highest BCUT2D eigenvalue weighted by molar-refractivity contribution is 7.91. The van der Waals surface area contributed by atoms with Crippen LogP contribution in [0, 0.1) is 11.3 Å². The van der Waals surface area contributed by atoms with Crippen LogP contribution >= 0.6 is 0 Å². The molecule has 0 aromatic heterocycles. The minimum absolute atomic E-state index is 0.0239. The highest BCUT2D eigenvalue weighted by Crippen LogP contribution is 2.25. The number of nitrogens with one attached hydrogen (secondary N) is 1. The minimum Gasteiger partial charge on any atom is -0.353 e. The number of sulfone groups is 1. The van der Waals surface area contributed by atoms with Gasteiger partial charge in [-0.2, -0.15) is 0 Å². The van der Waals surface area contributed by atoms with Gasteiger partial charge in [-0.25, -0.2) is 8.42 Å². The topological polar surface area (TPSA) is 63.2 Å². The Bertz CT molecular complexity index is 367. The summed E-state index contributed by atoms with van der Waals surface area (Å²) in [6.45, 7) is 8.00. The van der Waals surface area contributed by atoms with E-state index in [1.165, 1.54) is 0 Å². The third-order valence-corrected chi connectivity index (χ3v) is 5.31. The lowest BCUT2D eigenvalue weighted by Gasteiger charge is -2.29. The normalized spacial score (nSPS) is 23.1. The Morgan fingerprint density at radius 1 is 1.24 bits per heavy atom. The summed E-state index contributed by atoms with van der Waals surface area (Å²) < 4.78 is 22.5. The van der Waals surface area contributed by atoms with Crippen molar-refractivity contribution in [2.75, 3.05) is 11.5 Å². The predicted molar refractivity (Wildman–Crippen MR) is 68.4 cm³/mol. The van der Waals surface area contributed by atoms with E-state index in [1.54, 1.807) is 0 Å². The average molecular weight is 261 g/mol. The first-order chi connectivity index (χ1) is 7.62. The second-order valence-corrected chi connectivity index (χ2v) is 8.33.